The first-order valence-electron chi connectivity index (χ1n) is 5.31. The number of rotatable bonds is 2. The molecule has 1 fully saturated rings. The molecular formula is C12H14BrNO2. The number of hydroxylamine groups is 2. The van der Waals surface area contributed by atoms with Crippen molar-refractivity contribution < 1.29 is 9.63 Å². The number of benzene rings is 1. The predicted octanol–water partition coefficient (Wildman–Crippen LogP) is 2.42. The molecule has 1 aromatic rings. The average Bonchev–Trinajstić information content (AvgIpc) is 2.28. The van der Waals surface area contributed by atoms with E-state index in [0.717, 1.165) is 12.0 Å². The lowest BCUT2D eigenvalue weighted by molar-refractivity contribution is -0.200. The minimum absolute atomic E-state index is 0.00632. The Labute approximate surface area is 103 Å². The lowest BCUT2D eigenvalue weighted by Gasteiger charge is -2.28. The minimum atomic E-state index is -0.105. The molecule has 1 heterocycles. The third kappa shape index (κ3) is 2.62. The van der Waals surface area contributed by atoms with Gasteiger partial charge in [0.15, 0.2) is 0 Å². The van der Waals surface area contributed by atoms with Crippen LogP contribution in [0, 0.1) is 6.92 Å². The summed E-state index contributed by atoms with van der Waals surface area (Å²) in [5, 5.41) is 1.44. The van der Waals surface area contributed by atoms with Gasteiger partial charge in [-0.25, -0.2) is 5.06 Å². The van der Waals surface area contributed by atoms with E-state index in [0.29, 0.717) is 13.2 Å². The second-order valence-corrected chi connectivity index (χ2v) is 5.06. The van der Waals surface area contributed by atoms with Gasteiger partial charge >= 0.3 is 0 Å². The Kier molecular flexibility index (Phi) is 3.61. The van der Waals surface area contributed by atoms with Crippen molar-refractivity contribution >= 4 is 21.8 Å². The molecule has 4 heteroatoms. The molecule has 0 spiro atoms. The standard InChI is InChI=1S/C12H14BrNO2/c1-9-2-4-10(5-3-9)8-14-12(15)11(13)6-7-16-14/h2-5,11H,6-8H2,1H3. The molecule has 0 saturated carbocycles. The van der Waals surface area contributed by atoms with Crippen molar-refractivity contribution in [3.05, 3.63) is 35.4 Å². The van der Waals surface area contributed by atoms with E-state index < -0.39 is 0 Å². The lowest BCUT2D eigenvalue weighted by Crippen LogP contribution is -2.41. The Bertz CT molecular complexity index is 377. The van der Waals surface area contributed by atoms with Crippen LogP contribution >= 0.6 is 15.9 Å². The Morgan fingerprint density at radius 1 is 1.44 bits per heavy atom. The number of aryl methyl sites for hydroxylation is 1. The molecule has 1 aliphatic heterocycles. The molecule has 0 bridgehead atoms. The summed E-state index contributed by atoms with van der Waals surface area (Å²) in [6.45, 7) is 3.15. The van der Waals surface area contributed by atoms with Gasteiger partial charge in [-0.05, 0) is 18.9 Å². The number of nitrogens with zero attached hydrogens (tertiary/aromatic N) is 1. The van der Waals surface area contributed by atoms with E-state index in [9.17, 15) is 4.79 Å². The third-order valence-electron chi connectivity index (χ3n) is 2.58. The number of carbonyl (C=O) groups excluding carboxylic acids is 1. The molecule has 2 rings (SSSR count). The molecular weight excluding hydrogens is 270 g/mol. The first-order chi connectivity index (χ1) is 7.66. The Balaban J connectivity index is 2.03. The van der Waals surface area contributed by atoms with E-state index >= 15 is 0 Å². The summed E-state index contributed by atoms with van der Waals surface area (Å²) in [6.07, 6.45) is 0.739. The van der Waals surface area contributed by atoms with Gasteiger partial charge in [0.05, 0.1) is 18.0 Å². The van der Waals surface area contributed by atoms with Crippen molar-refractivity contribution in [2.24, 2.45) is 0 Å². The molecule has 0 aromatic heterocycles. The van der Waals surface area contributed by atoms with Crippen molar-refractivity contribution in [3.8, 4) is 0 Å². The molecule has 1 atom stereocenters. The fourth-order valence-electron chi connectivity index (χ4n) is 1.59. The first kappa shape index (κ1) is 11.6. The highest BCUT2D eigenvalue weighted by molar-refractivity contribution is 9.10. The maximum atomic E-state index is 11.8. The zero-order valence-electron chi connectivity index (χ0n) is 9.15. The number of hydrogen-bond acceptors (Lipinski definition) is 2. The van der Waals surface area contributed by atoms with Gasteiger partial charge in [0.2, 0.25) is 0 Å². The van der Waals surface area contributed by atoms with E-state index in [1.807, 2.05) is 31.2 Å². The molecule has 0 N–H and O–H groups in total. The highest BCUT2D eigenvalue weighted by Gasteiger charge is 2.27. The van der Waals surface area contributed by atoms with E-state index in [1.165, 1.54) is 10.6 Å². The number of alkyl halides is 1. The van der Waals surface area contributed by atoms with Gasteiger partial charge in [0.1, 0.15) is 0 Å². The fourth-order valence-corrected chi connectivity index (χ4v) is 2.01. The summed E-state index contributed by atoms with van der Waals surface area (Å²) in [4.78, 5) is 17.0. The van der Waals surface area contributed by atoms with Gasteiger partial charge < -0.3 is 0 Å². The topological polar surface area (TPSA) is 29.5 Å². The Hall–Kier alpha value is -0.870. The summed E-state index contributed by atoms with van der Waals surface area (Å²) >= 11 is 3.35. The van der Waals surface area contributed by atoms with Crippen LogP contribution in [0.4, 0.5) is 0 Å². The smallest absolute Gasteiger partial charge is 0.260 e. The van der Waals surface area contributed by atoms with Crippen molar-refractivity contribution in [1.82, 2.24) is 5.06 Å². The van der Waals surface area contributed by atoms with Gasteiger partial charge in [-0.2, -0.15) is 0 Å². The van der Waals surface area contributed by atoms with E-state index in [1.54, 1.807) is 0 Å². The summed E-state index contributed by atoms with van der Waals surface area (Å²) < 4.78 is 0. The van der Waals surface area contributed by atoms with Gasteiger partial charge in [-0.3, -0.25) is 9.63 Å². The number of amides is 1. The van der Waals surface area contributed by atoms with Crippen LogP contribution in [0.5, 0.6) is 0 Å². The molecule has 86 valence electrons. The number of hydrogen-bond donors (Lipinski definition) is 0. The van der Waals surface area contributed by atoms with Gasteiger partial charge in [0.25, 0.3) is 5.91 Å². The second kappa shape index (κ2) is 4.97. The number of carbonyl (C=O) groups is 1. The summed E-state index contributed by atoms with van der Waals surface area (Å²) in [7, 11) is 0. The maximum Gasteiger partial charge on any atom is 0.260 e. The van der Waals surface area contributed by atoms with Crippen LogP contribution in [0.1, 0.15) is 17.5 Å². The maximum absolute atomic E-state index is 11.8. The Morgan fingerprint density at radius 3 is 2.81 bits per heavy atom. The molecule has 16 heavy (non-hydrogen) atoms. The van der Waals surface area contributed by atoms with Crippen LogP contribution in [0.3, 0.4) is 0 Å². The van der Waals surface area contributed by atoms with E-state index in [2.05, 4.69) is 15.9 Å². The van der Waals surface area contributed by atoms with Gasteiger partial charge in [-0.15, -0.1) is 0 Å². The monoisotopic (exact) mass is 283 g/mol. The van der Waals surface area contributed by atoms with E-state index in [4.69, 9.17) is 4.84 Å². The number of halogens is 1. The largest absolute Gasteiger partial charge is 0.271 e. The zero-order valence-corrected chi connectivity index (χ0v) is 10.7. The summed E-state index contributed by atoms with van der Waals surface area (Å²) in [6, 6.07) is 8.11. The lowest BCUT2D eigenvalue weighted by atomic mass is 10.1. The normalized spacial score (nSPS) is 21.2. The highest BCUT2D eigenvalue weighted by atomic mass is 79.9. The third-order valence-corrected chi connectivity index (χ3v) is 3.43. The molecule has 1 saturated heterocycles. The fraction of sp³-hybridized carbons (Fsp3) is 0.417. The summed E-state index contributed by atoms with van der Waals surface area (Å²) in [5.74, 6) is 0.00632. The average molecular weight is 284 g/mol. The molecule has 1 aliphatic rings. The van der Waals surface area contributed by atoms with Gasteiger partial charge in [-0.1, -0.05) is 45.8 Å². The quantitative estimate of drug-likeness (QED) is 0.781. The highest BCUT2D eigenvalue weighted by Crippen LogP contribution is 2.18. The van der Waals surface area contributed by atoms with Crippen LogP contribution in [0.2, 0.25) is 0 Å². The van der Waals surface area contributed by atoms with Crippen molar-refractivity contribution in [1.29, 1.82) is 0 Å². The molecule has 3 nitrogen and oxygen atoms in total. The summed E-state index contributed by atoms with van der Waals surface area (Å²) in [5.41, 5.74) is 2.30. The molecule has 1 unspecified atom stereocenters. The minimum Gasteiger partial charge on any atom is -0.271 e. The predicted molar refractivity (Wildman–Crippen MR) is 65.0 cm³/mol. The van der Waals surface area contributed by atoms with E-state index in [-0.39, 0.29) is 10.7 Å². The molecule has 0 aliphatic carbocycles. The van der Waals surface area contributed by atoms with Gasteiger partial charge in [0, 0.05) is 0 Å². The molecule has 1 aromatic carbocycles. The SMILES string of the molecule is Cc1ccc(CN2OCCC(Br)C2=O)cc1. The van der Waals surface area contributed by atoms with Crippen LogP contribution in [-0.2, 0) is 16.2 Å². The molecule has 0 radical (unpaired) electrons. The zero-order chi connectivity index (χ0) is 11.5. The van der Waals surface area contributed by atoms with Crippen LogP contribution in [0.25, 0.3) is 0 Å². The van der Waals surface area contributed by atoms with Crippen molar-refractivity contribution in [3.63, 3.8) is 0 Å². The molecule has 1 amide bonds. The van der Waals surface area contributed by atoms with Crippen molar-refractivity contribution in [2.45, 2.75) is 24.7 Å². The van der Waals surface area contributed by atoms with Crippen LogP contribution in [0.15, 0.2) is 24.3 Å². The Morgan fingerprint density at radius 2 is 2.12 bits per heavy atom. The van der Waals surface area contributed by atoms with Crippen LogP contribution in [-0.4, -0.2) is 22.4 Å². The first-order valence-corrected chi connectivity index (χ1v) is 6.22. The van der Waals surface area contributed by atoms with Crippen molar-refractivity contribution in [2.75, 3.05) is 6.61 Å². The van der Waals surface area contributed by atoms with Crippen LogP contribution < -0.4 is 0 Å². The second-order valence-electron chi connectivity index (χ2n) is 3.95.